The number of carboxylic acid groups (broad SMARTS) is 1. The number of unbranched alkanes of at least 4 members (excludes halogenated alkanes) is 6. The highest BCUT2D eigenvalue weighted by atomic mass is 16.5. The number of hydrogen-bond donors (Lipinski definition) is 1. The Morgan fingerprint density at radius 2 is 1.37 bits per heavy atom. The van der Waals surface area contributed by atoms with Crippen molar-refractivity contribution in [3.63, 3.8) is 0 Å². The molecule has 0 fully saturated rings. The van der Waals surface area contributed by atoms with Gasteiger partial charge in [0.25, 0.3) is 0 Å². The van der Waals surface area contributed by atoms with Crippen LogP contribution in [0.1, 0.15) is 102 Å². The summed E-state index contributed by atoms with van der Waals surface area (Å²) < 4.78 is 12.2. The lowest BCUT2D eigenvalue weighted by atomic mass is 10.1. The summed E-state index contributed by atoms with van der Waals surface area (Å²) in [6.07, 6.45) is 11.7. The second-order valence-corrected chi connectivity index (χ2v) is 7.52. The molecule has 4 heteroatoms. The third-order valence-electron chi connectivity index (χ3n) is 4.78. The summed E-state index contributed by atoms with van der Waals surface area (Å²) in [6, 6.07) is 4.90. The molecule has 1 aromatic carbocycles. The molecule has 1 rings (SSSR count). The van der Waals surface area contributed by atoms with E-state index in [1.165, 1.54) is 38.5 Å². The lowest BCUT2D eigenvalue weighted by Gasteiger charge is -2.21. The molecular formula is C23H38O4. The standard InChI is InChI=1S/C23H38O4/c1-5-7-9-11-13-18(3)26-21-16-15-20(23(24)25)17-22(21)27-19(4)14-12-10-8-6-2/h15-19H,5-14H2,1-4H3,(H,24,25)/t18-,19-/m1/s1. The molecule has 0 aromatic heterocycles. The molecule has 0 heterocycles. The first kappa shape index (κ1) is 23.3. The molecule has 0 aliphatic rings. The van der Waals surface area contributed by atoms with Gasteiger partial charge in [-0.05, 0) is 57.7 Å². The quantitative estimate of drug-likeness (QED) is 0.339. The van der Waals surface area contributed by atoms with Crippen molar-refractivity contribution in [1.82, 2.24) is 0 Å². The third-order valence-corrected chi connectivity index (χ3v) is 4.78. The molecular weight excluding hydrogens is 340 g/mol. The van der Waals surface area contributed by atoms with Crippen molar-refractivity contribution in [3.8, 4) is 11.5 Å². The molecule has 0 radical (unpaired) electrons. The topological polar surface area (TPSA) is 55.8 Å². The fraction of sp³-hybridized carbons (Fsp3) is 0.696. The van der Waals surface area contributed by atoms with Gasteiger partial charge in [0.1, 0.15) is 0 Å². The fourth-order valence-corrected chi connectivity index (χ4v) is 3.10. The van der Waals surface area contributed by atoms with Gasteiger partial charge >= 0.3 is 5.97 Å². The number of hydrogen-bond acceptors (Lipinski definition) is 3. The Morgan fingerprint density at radius 3 is 1.85 bits per heavy atom. The second kappa shape index (κ2) is 13.5. The zero-order valence-corrected chi connectivity index (χ0v) is 17.6. The molecule has 0 aliphatic carbocycles. The first-order valence-corrected chi connectivity index (χ1v) is 10.7. The van der Waals surface area contributed by atoms with E-state index in [9.17, 15) is 9.90 Å². The molecule has 27 heavy (non-hydrogen) atoms. The van der Waals surface area contributed by atoms with Crippen LogP contribution in [-0.4, -0.2) is 23.3 Å². The lowest BCUT2D eigenvalue weighted by molar-refractivity contribution is 0.0695. The molecule has 0 aliphatic heterocycles. The summed E-state index contributed by atoms with van der Waals surface area (Å²) in [5, 5.41) is 9.29. The molecule has 0 saturated heterocycles. The summed E-state index contributed by atoms with van der Waals surface area (Å²) in [6.45, 7) is 8.51. The van der Waals surface area contributed by atoms with Gasteiger partial charge in [0.05, 0.1) is 17.8 Å². The summed E-state index contributed by atoms with van der Waals surface area (Å²) in [5.41, 5.74) is 0.228. The van der Waals surface area contributed by atoms with Crippen LogP contribution in [0.15, 0.2) is 18.2 Å². The van der Waals surface area contributed by atoms with E-state index in [-0.39, 0.29) is 17.8 Å². The van der Waals surface area contributed by atoms with E-state index in [1.54, 1.807) is 18.2 Å². The molecule has 0 unspecified atom stereocenters. The van der Waals surface area contributed by atoms with Crippen LogP contribution in [0.5, 0.6) is 11.5 Å². The summed E-state index contributed by atoms with van der Waals surface area (Å²) >= 11 is 0. The number of aromatic carboxylic acids is 1. The molecule has 0 spiro atoms. The van der Waals surface area contributed by atoms with E-state index in [4.69, 9.17) is 9.47 Å². The molecule has 0 bridgehead atoms. The number of carbonyl (C=O) groups is 1. The minimum absolute atomic E-state index is 0.0353. The number of benzene rings is 1. The highest BCUT2D eigenvalue weighted by Crippen LogP contribution is 2.31. The van der Waals surface area contributed by atoms with E-state index in [0.717, 1.165) is 25.7 Å². The minimum atomic E-state index is -0.949. The smallest absolute Gasteiger partial charge is 0.335 e. The van der Waals surface area contributed by atoms with Gasteiger partial charge < -0.3 is 14.6 Å². The fourth-order valence-electron chi connectivity index (χ4n) is 3.10. The Balaban J connectivity index is 2.70. The molecule has 2 atom stereocenters. The minimum Gasteiger partial charge on any atom is -0.487 e. The van der Waals surface area contributed by atoms with Crippen LogP contribution in [-0.2, 0) is 0 Å². The second-order valence-electron chi connectivity index (χ2n) is 7.52. The zero-order chi connectivity index (χ0) is 20.1. The van der Waals surface area contributed by atoms with Crippen LogP contribution >= 0.6 is 0 Å². The van der Waals surface area contributed by atoms with E-state index in [1.807, 2.05) is 6.92 Å². The number of rotatable bonds is 15. The highest BCUT2D eigenvalue weighted by molar-refractivity contribution is 5.88. The van der Waals surface area contributed by atoms with Crippen LogP contribution in [0.4, 0.5) is 0 Å². The summed E-state index contributed by atoms with van der Waals surface area (Å²) in [7, 11) is 0. The van der Waals surface area contributed by atoms with Crippen molar-refractivity contribution < 1.29 is 19.4 Å². The van der Waals surface area contributed by atoms with Gasteiger partial charge in [0.15, 0.2) is 11.5 Å². The SMILES string of the molecule is CCCCCC[C@@H](C)Oc1ccc(C(=O)O)cc1O[C@H](C)CCCCCC. The molecule has 4 nitrogen and oxygen atoms in total. The van der Waals surface area contributed by atoms with Gasteiger partial charge in [-0.25, -0.2) is 4.79 Å². The summed E-state index contributed by atoms with van der Waals surface area (Å²) in [4.78, 5) is 11.3. The van der Waals surface area contributed by atoms with Crippen LogP contribution < -0.4 is 9.47 Å². The first-order chi connectivity index (χ1) is 13.0. The van der Waals surface area contributed by atoms with Gasteiger partial charge in [-0.3, -0.25) is 0 Å². The normalized spacial score (nSPS) is 13.2. The highest BCUT2D eigenvalue weighted by Gasteiger charge is 2.15. The Morgan fingerprint density at radius 1 is 0.852 bits per heavy atom. The molecule has 0 amide bonds. The van der Waals surface area contributed by atoms with Gasteiger partial charge in [0.2, 0.25) is 0 Å². The number of carboxylic acids is 1. The van der Waals surface area contributed by atoms with Gasteiger partial charge in [-0.2, -0.15) is 0 Å². The molecule has 0 saturated carbocycles. The zero-order valence-electron chi connectivity index (χ0n) is 17.6. The van der Waals surface area contributed by atoms with Crippen molar-refractivity contribution >= 4 is 5.97 Å². The Labute approximate surface area is 165 Å². The van der Waals surface area contributed by atoms with Crippen molar-refractivity contribution in [2.75, 3.05) is 0 Å². The molecule has 1 N–H and O–H groups in total. The third kappa shape index (κ3) is 9.69. The van der Waals surface area contributed by atoms with Crippen molar-refractivity contribution in [2.45, 2.75) is 104 Å². The predicted octanol–water partition coefficient (Wildman–Crippen LogP) is 6.86. The van der Waals surface area contributed by atoms with E-state index in [0.29, 0.717) is 11.5 Å². The molecule has 1 aromatic rings. The average molecular weight is 379 g/mol. The van der Waals surface area contributed by atoms with Gasteiger partial charge in [0, 0.05) is 0 Å². The maximum atomic E-state index is 11.3. The van der Waals surface area contributed by atoms with E-state index >= 15 is 0 Å². The van der Waals surface area contributed by atoms with Crippen molar-refractivity contribution in [2.24, 2.45) is 0 Å². The summed E-state index contributed by atoms with van der Waals surface area (Å²) in [5.74, 6) is 0.233. The van der Waals surface area contributed by atoms with Gasteiger partial charge in [-0.15, -0.1) is 0 Å². The Bertz CT molecular complexity index is 541. The van der Waals surface area contributed by atoms with Crippen molar-refractivity contribution in [3.05, 3.63) is 23.8 Å². The van der Waals surface area contributed by atoms with E-state index < -0.39 is 5.97 Å². The number of ether oxygens (including phenoxy) is 2. The van der Waals surface area contributed by atoms with Gasteiger partial charge in [-0.1, -0.05) is 52.4 Å². The predicted molar refractivity (Wildman–Crippen MR) is 111 cm³/mol. The average Bonchev–Trinajstić information content (AvgIpc) is 2.63. The first-order valence-electron chi connectivity index (χ1n) is 10.7. The maximum absolute atomic E-state index is 11.3. The van der Waals surface area contributed by atoms with Crippen LogP contribution in [0.2, 0.25) is 0 Å². The monoisotopic (exact) mass is 378 g/mol. The van der Waals surface area contributed by atoms with Crippen molar-refractivity contribution in [1.29, 1.82) is 0 Å². The van der Waals surface area contributed by atoms with Crippen LogP contribution in [0.3, 0.4) is 0 Å². The van der Waals surface area contributed by atoms with Crippen LogP contribution in [0, 0.1) is 0 Å². The molecule has 154 valence electrons. The maximum Gasteiger partial charge on any atom is 0.335 e. The lowest BCUT2D eigenvalue weighted by Crippen LogP contribution is -2.16. The largest absolute Gasteiger partial charge is 0.487 e. The van der Waals surface area contributed by atoms with E-state index in [2.05, 4.69) is 20.8 Å². The Hall–Kier alpha value is -1.71. The Kier molecular flexibility index (Phi) is 11.6. The van der Waals surface area contributed by atoms with Crippen LogP contribution in [0.25, 0.3) is 0 Å².